The lowest BCUT2D eigenvalue weighted by atomic mass is 10.0. The standard InChI is InChI=1S/C20H29N5O3/c1-13(2)7-8-24(12-16-6-5-9-28-16)20(27)17-18-19(26)21-15(10-14(3)4)11-25(18)23-22-17/h5-6,9,13-15H,7-8,10-12H2,1-4H3,(H,21,26)/t15-/m0/s1. The number of carbonyl (C=O) groups is 2. The van der Waals surface area contributed by atoms with Gasteiger partial charge in [0.25, 0.3) is 11.8 Å². The SMILES string of the molecule is CC(C)CCN(Cc1ccco1)C(=O)c1nnn2c1C(=O)N[C@@H](CC(C)C)C2. The maximum atomic E-state index is 13.2. The van der Waals surface area contributed by atoms with Crippen LogP contribution in [0.3, 0.4) is 0 Å². The molecule has 3 rings (SSSR count). The highest BCUT2D eigenvalue weighted by atomic mass is 16.3. The predicted octanol–water partition coefficient (Wildman–Crippen LogP) is 2.72. The van der Waals surface area contributed by atoms with Crippen LogP contribution in [-0.2, 0) is 13.1 Å². The fraction of sp³-hybridized carbons (Fsp3) is 0.600. The number of nitrogens with zero attached hydrogens (tertiary/aromatic N) is 4. The van der Waals surface area contributed by atoms with Gasteiger partial charge >= 0.3 is 0 Å². The molecule has 0 aromatic carbocycles. The van der Waals surface area contributed by atoms with Crippen LogP contribution in [0.25, 0.3) is 0 Å². The third kappa shape index (κ3) is 4.61. The third-order valence-corrected chi connectivity index (χ3v) is 4.83. The van der Waals surface area contributed by atoms with Crippen LogP contribution in [0, 0.1) is 11.8 Å². The Labute approximate surface area is 165 Å². The number of nitrogens with one attached hydrogen (secondary N) is 1. The van der Waals surface area contributed by atoms with E-state index in [-0.39, 0.29) is 29.2 Å². The van der Waals surface area contributed by atoms with Gasteiger partial charge in [0.2, 0.25) is 0 Å². The molecule has 0 spiro atoms. The van der Waals surface area contributed by atoms with E-state index in [4.69, 9.17) is 4.42 Å². The summed E-state index contributed by atoms with van der Waals surface area (Å²) in [4.78, 5) is 27.6. The lowest BCUT2D eigenvalue weighted by Gasteiger charge is -2.26. The van der Waals surface area contributed by atoms with E-state index in [1.165, 1.54) is 0 Å². The Bertz CT molecular complexity index is 810. The molecule has 0 saturated heterocycles. The molecule has 2 aromatic heterocycles. The summed E-state index contributed by atoms with van der Waals surface area (Å²) in [5.74, 6) is 1.01. The zero-order chi connectivity index (χ0) is 20.3. The topological polar surface area (TPSA) is 93.3 Å². The lowest BCUT2D eigenvalue weighted by Crippen LogP contribution is -2.46. The van der Waals surface area contributed by atoms with Gasteiger partial charge in [0.1, 0.15) is 5.76 Å². The van der Waals surface area contributed by atoms with Crippen molar-refractivity contribution in [1.82, 2.24) is 25.2 Å². The van der Waals surface area contributed by atoms with Gasteiger partial charge in [-0.1, -0.05) is 32.9 Å². The van der Waals surface area contributed by atoms with Gasteiger partial charge in [0.05, 0.1) is 19.4 Å². The first-order valence-corrected chi connectivity index (χ1v) is 9.91. The quantitative estimate of drug-likeness (QED) is 0.752. The molecule has 0 fully saturated rings. The van der Waals surface area contributed by atoms with Crippen molar-refractivity contribution in [2.24, 2.45) is 11.8 Å². The Morgan fingerprint density at radius 2 is 2.14 bits per heavy atom. The molecule has 28 heavy (non-hydrogen) atoms. The average Bonchev–Trinajstić information content (AvgIpc) is 3.26. The summed E-state index contributed by atoms with van der Waals surface area (Å²) in [6.45, 7) is 9.86. The minimum atomic E-state index is -0.296. The summed E-state index contributed by atoms with van der Waals surface area (Å²) in [6.07, 6.45) is 3.29. The van der Waals surface area contributed by atoms with Crippen molar-refractivity contribution >= 4 is 11.8 Å². The van der Waals surface area contributed by atoms with Crippen molar-refractivity contribution in [2.45, 2.75) is 59.7 Å². The molecule has 0 aliphatic carbocycles. The van der Waals surface area contributed by atoms with Crippen molar-refractivity contribution < 1.29 is 14.0 Å². The number of furan rings is 1. The van der Waals surface area contributed by atoms with Crippen LogP contribution in [0.2, 0.25) is 0 Å². The van der Waals surface area contributed by atoms with E-state index in [0.717, 1.165) is 12.8 Å². The second-order valence-corrected chi connectivity index (χ2v) is 8.26. The van der Waals surface area contributed by atoms with Gasteiger partial charge < -0.3 is 14.6 Å². The molecular formula is C20H29N5O3. The Morgan fingerprint density at radius 3 is 2.79 bits per heavy atom. The van der Waals surface area contributed by atoms with E-state index in [0.29, 0.717) is 37.2 Å². The van der Waals surface area contributed by atoms with Crippen molar-refractivity contribution in [3.05, 3.63) is 35.5 Å². The van der Waals surface area contributed by atoms with Crippen molar-refractivity contribution in [3.63, 3.8) is 0 Å². The second kappa shape index (κ2) is 8.58. The Balaban J connectivity index is 1.82. The number of fused-ring (bicyclic) bond motifs is 1. The van der Waals surface area contributed by atoms with Gasteiger partial charge in [-0.3, -0.25) is 9.59 Å². The van der Waals surface area contributed by atoms with Crippen molar-refractivity contribution in [2.75, 3.05) is 6.54 Å². The van der Waals surface area contributed by atoms with Crippen LogP contribution in [0.15, 0.2) is 22.8 Å². The summed E-state index contributed by atoms with van der Waals surface area (Å²) in [5.41, 5.74) is 0.356. The van der Waals surface area contributed by atoms with Crippen molar-refractivity contribution in [1.29, 1.82) is 0 Å². The normalized spacial score (nSPS) is 16.4. The van der Waals surface area contributed by atoms with E-state index in [1.54, 1.807) is 21.9 Å². The maximum absolute atomic E-state index is 13.2. The Hall–Kier alpha value is -2.64. The van der Waals surface area contributed by atoms with E-state index in [9.17, 15) is 9.59 Å². The predicted molar refractivity (Wildman–Crippen MR) is 104 cm³/mol. The molecule has 8 nitrogen and oxygen atoms in total. The number of carbonyl (C=O) groups excluding carboxylic acids is 2. The second-order valence-electron chi connectivity index (χ2n) is 8.26. The smallest absolute Gasteiger partial charge is 0.277 e. The summed E-state index contributed by atoms with van der Waals surface area (Å²) in [6, 6.07) is 3.63. The molecule has 3 heterocycles. The fourth-order valence-electron chi connectivity index (χ4n) is 3.43. The number of hydrogen-bond acceptors (Lipinski definition) is 5. The number of hydrogen-bond donors (Lipinski definition) is 1. The van der Waals surface area contributed by atoms with E-state index in [1.807, 2.05) is 6.07 Å². The first-order chi connectivity index (χ1) is 13.3. The van der Waals surface area contributed by atoms with Gasteiger partial charge in [-0.25, -0.2) is 4.68 Å². The summed E-state index contributed by atoms with van der Waals surface area (Å²) >= 11 is 0. The monoisotopic (exact) mass is 387 g/mol. The molecule has 1 aliphatic heterocycles. The molecule has 2 aromatic rings. The average molecular weight is 387 g/mol. The van der Waals surface area contributed by atoms with E-state index in [2.05, 4.69) is 43.3 Å². The van der Waals surface area contributed by atoms with Gasteiger partial charge in [-0.05, 0) is 36.8 Å². The first kappa shape index (κ1) is 20.1. The largest absolute Gasteiger partial charge is 0.467 e. The fourth-order valence-corrected chi connectivity index (χ4v) is 3.43. The van der Waals surface area contributed by atoms with E-state index < -0.39 is 0 Å². The highest BCUT2D eigenvalue weighted by molar-refractivity contribution is 6.05. The van der Waals surface area contributed by atoms with Crippen LogP contribution in [0.5, 0.6) is 0 Å². The van der Waals surface area contributed by atoms with Crippen LogP contribution in [-0.4, -0.2) is 44.3 Å². The number of aromatic nitrogens is 3. The van der Waals surface area contributed by atoms with Crippen molar-refractivity contribution in [3.8, 4) is 0 Å². The Kier molecular flexibility index (Phi) is 6.16. The van der Waals surface area contributed by atoms with Gasteiger partial charge in [0.15, 0.2) is 11.4 Å². The zero-order valence-electron chi connectivity index (χ0n) is 17.0. The first-order valence-electron chi connectivity index (χ1n) is 9.91. The molecular weight excluding hydrogens is 358 g/mol. The summed E-state index contributed by atoms with van der Waals surface area (Å²) in [5, 5.41) is 11.2. The van der Waals surface area contributed by atoms with Gasteiger partial charge in [-0.15, -0.1) is 5.10 Å². The summed E-state index contributed by atoms with van der Waals surface area (Å²) in [7, 11) is 0. The minimum absolute atomic E-state index is 0.00446. The van der Waals surface area contributed by atoms with Gasteiger partial charge in [-0.2, -0.15) is 0 Å². The molecule has 0 bridgehead atoms. The van der Waals surface area contributed by atoms with Crippen LogP contribution in [0.4, 0.5) is 0 Å². The minimum Gasteiger partial charge on any atom is -0.467 e. The molecule has 0 saturated carbocycles. The molecule has 0 radical (unpaired) electrons. The zero-order valence-corrected chi connectivity index (χ0v) is 17.0. The Morgan fingerprint density at radius 1 is 1.36 bits per heavy atom. The molecule has 0 unspecified atom stereocenters. The lowest BCUT2D eigenvalue weighted by molar-refractivity contribution is 0.0708. The molecule has 2 amide bonds. The van der Waals surface area contributed by atoms with E-state index >= 15 is 0 Å². The highest BCUT2D eigenvalue weighted by Gasteiger charge is 2.34. The molecule has 1 atom stereocenters. The summed E-state index contributed by atoms with van der Waals surface area (Å²) < 4.78 is 6.97. The molecule has 8 heteroatoms. The number of amides is 2. The molecule has 1 N–H and O–H groups in total. The van der Waals surface area contributed by atoms with Crippen LogP contribution >= 0.6 is 0 Å². The van der Waals surface area contributed by atoms with Gasteiger partial charge in [0, 0.05) is 12.6 Å². The maximum Gasteiger partial charge on any atom is 0.277 e. The van der Waals surface area contributed by atoms with Crippen LogP contribution < -0.4 is 5.32 Å². The molecule has 1 aliphatic rings. The third-order valence-electron chi connectivity index (χ3n) is 4.83. The molecule has 152 valence electrons. The number of rotatable bonds is 8. The highest BCUT2D eigenvalue weighted by Crippen LogP contribution is 2.19. The van der Waals surface area contributed by atoms with Crippen LogP contribution in [0.1, 0.15) is 67.3 Å².